The van der Waals surface area contributed by atoms with E-state index in [0.717, 1.165) is 12.8 Å². The van der Waals surface area contributed by atoms with E-state index in [9.17, 15) is 8.42 Å². The number of hydrogen-bond donors (Lipinski definition) is 2. The van der Waals surface area contributed by atoms with Gasteiger partial charge >= 0.3 is 0 Å². The Bertz CT molecular complexity index is 632. The molecule has 1 aliphatic rings. The van der Waals surface area contributed by atoms with Gasteiger partial charge in [0.15, 0.2) is 0 Å². The van der Waals surface area contributed by atoms with Crippen LogP contribution in [0.25, 0.3) is 0 Å². The fourth-order valence-electron chi connectivity index (χ4n) is 2.15. The molecule has 0 atom stereocenters. The zero-order valence-corrected chi connectivity index (χ0v) is 12.2. The number of sulfonamides is 1. The van der Waals surface area contributed by atoms with E-state index >= 15 is 0 Å². The van der Waals surface area contributed by atoms with Gasteiger partial charge in [-0.2, -0.15) is 5.26 Å². The fraction of sp³-hybridized carbons (Fsp3) is 0.462. The van der Waals surface area contributed by atoms with Crippen molar-refractivity contribution >= 4 is 21.4 Å². The van der Waals surface area contributed by atoms with Crippen LogP contribution in [-0.4, -0.2) is 28.1 Å². The summed E-state index contributed by atoms with van der Waals surface area (Å²) in [5.41, 5.74) is 6.73. The highest BCUT2D eigenvalue weighted by Crippen LogP contribution is 2.36. The quantitative estimate of drug-likeness (QED) is 0.764. The largest absolute Gasteiger partial charge is 0.399 e. The maximum absolute atomic E-state index is 12.1. The van der Waals surface area contributed by atoms with Gasteiger partial charge in [-0.3, -0.25) is 0 Å². The zero-order valence-electron chi connectivity index (χ0n) is 11.3. The number of rotatable bonds is 6. The van der Waals surface area contributed by atoms with Crippen molar-refractivity contribution in [2.75, 3.05) is 24.2 Å². The van der Waals surface area contributed by atoms with E-state index in [1.165, 1.54) is 13.1 Å². The summed E-state index contributed by atoms with van der Waals surface area (Å²) in [6, 6.07) is 7.29. The van der Waals surface area contributed by atoms with Crippen LogP contribution in [0.3, 0.4) is 0 Å². The van der Waals surface area contributed by atoms with Crippen LogP contribution in [-0.2, 0) is 10.0 Å². The lowest BCUT2D eigenvalue weighted by molar-refractivity contribution is 0.587. The average Bonchev–Trinajstić information content (AvgIpc) is 3.25. The molecular weight excluding hydrogens is 276 g/mol. The smallest absolute Gasteiger partial charge is 0.242 e. The summed E-state index contributed by atoms with van der Waals surface area (Å²) in [4.78, 5) is 2.16. The molecule has 1 aliphatic carbocycles. The second kappa shape index (κ2) is 5.69. The minimum absolute atomic E-state index is 0.171. The molecule has 108 valence electrons. The van der Waals surface area contributed by atoms with Gasteiger partial charge in [-0.05, 0) is 38.1 Å². The van der Waals surface area contributed by atoms with E-state index in [4.69, 9.17) is 11.0 Å². The van der Waals surface area contributed by atoms with Crippen LogP contribution in [0.4, 0.5) is 11.4 Å². The fourth-order valence-corrected chi connectivity index (χ4v) is 3.12. The Balaban J connectivity index is 2.46. The molecule has 0 aromatic heterocycles. The number of nitrogens with two attached hydrogens (primary N) is 1. The van der Waals surface area contributed by atoms with Crippen LogP contribution in [0.5, 0.6) is 0 Å². The van der Waals surface area contributed by atoms with Crippen molar-refractivity contribution in [1.82, 2.24) is 4.72 Å². The van der Waals surface area contributed by atoms with Crippen LogP contribution in [0, 0.1) is 11.3 Å². The Morgan fingerprint density at radius 1 is 1.50 bits per heavy atom. The normalized spacial score (nSPS) is 14.8. The predicted molar refractivity (Wildman–Crippen MR) is 77.7 cm³/mol. The maximum atomic E-state index is 12.1. The van der Waals surface area contributed by atoms with Crippen molar-refractivity contribution < 1.29 is 8.42 Å². The minimum Gasteiger partial charge on any atom is -0.399 e. The third-order valence-electron chi connectivity index (χ3n) is 3.30. The Labute approximate surface area is 119 Å². The van der Waals surface area contributed by atoms with Crippen molar-refractivity contribution in [2.24, 2.45) is 0 Å². The first-order valence-corrected chi connectivity index (χ1v) is 7.94. The molecule has 0 saturated heterocycles. The van der Waals surface area contributed by atoms with Crippen LogP contribution in [0.15, 0.2) is 23.1 Å². The van der Waals surface area contributed by atoms with Gasteiger partial charge in [0.25, 0.3) is 0 Å². The highest BCUT2D eigenvalue weighted by Gasteiger charge is 2.32. The van der Waals surface area contributed by atoms with Crippen LogP contribution < -0.4 is 15.4 Å². The first-order valence-electron chi connectivity index (χ1n) is 6.46. The van der Waals surface area contributed by atoms with Gasteiger partial charge in [0.1, 0.15) is 4.90 Å². The first-order chi connectivity index (χ1) is 9.49. The molecule has 3 N–H and O–H groups in total. The number of nitrogen functional groups attached to an aromatic ring is 1. The van der Waals surface area contributed by atoms with E-state index in [1.54, 1.807) is 12.1 Å². The third kappa shape index (κ3) is 3.03. The average molecular weight is 294 g/mol. The molecule has 0 radical (unpaired) electrons. The van der Waals surface area contributed by atoms with Gasteiger partial charge in [0.2, 0.25) is 10.0 Å². The Kier molecular flexibility index (Phi) is 4.16. The van der Waals surface area contributed by atoms with Crippen molar-refractivity contribution in [3.63, 3.8) is 0 Å². The number of benzene rings is 1. The minimum atomic E-state index is -3.58. The van der Waals surface area contributed by atoms with Crippen LogP contribution >= 0.6 is 0 Å². The van der Waals surface area contributed by atoms with E-state index in [-0.39, 0.29) is 4.90 Å². The molecule has 0 aliphatic heterocycles. The SMILES string of the molecule is CNS(=O)(=O)c1cc(N)ccc1N(CCC#N)C1CC1. The molecule has 1 aromatic carbocycles. The second-order valence-corrected chi connectivity index (χ2v) is 6.62. The van der Waals surface area contributed by atoms with Gasteiger partial charge in [-0.1, -0.05) is 0 Å². The number of anilines is 2. The molecular formula is C13H18N4O2S. The Morgan fingerprint density at radius 2 is 2.20 bits per heavy atom. The highest BCUT2D eigenvalue weighted by atomic mass is 32.2. The number of hydrogen-bond acceptors (Lipinski definition) is 5. The molecule has 1 saturated carbocycles. The lowest BCUT2D eigenvalue weighted by Crippen LogP contribution is -2.30. The lowest BCUT2D eigenvalue weighted by atomic mass is 10.2. The monoisotopic (exact) mass is 294 g/mol. The maximum Gasteiger partial charge on any atom is 0.242 e. The van der Waals surface area contributed by atoms with E-state index in [0.29, 0.717) is 30.4 Å². The summed E-state index contributed by atoms with van der Waals surface area (Å²) >= 11 is 0. The summed E-state index contributed by atoms with van der Waals surface area (Å²) in [6.07, 6.45) is 2.41. The topological polar surface area (TPSA) is 99.2 Å². The van der Waals surface area contributed by atoms with Gasteiger partial charge < -0.3 is 10.6 Å². The number of nitrogens with one attached hydrogen (secondary N) is 1. The van der Waals surface area contributed by atoms with E-state index in [1.807, 2.05) is 4.90 Å². The Hall–Kier alpha value is -1.78. The molecule has 6 nitrogen and oxygen atoms in total. The highest BCUT2D eigenvalue weighted by molar-refractivity contribution is 7.89. The molecule has 1 aromatic rings. The number of nitrogens with zero attached hydrogens (tertiary/aromatic N) is 2. The van der Waals surface area contributed by atoms with Gasteiger partial charge in [-0.15, -0.1) is 0 Å². The predicted octanol–water partition coefficient (Wildman–Crippen LogP) is 1.06. The summed E-state index contributed by atoms with van der Waals surface area (Å²) in [5, 5.41) is 8.76. The first kappa shape index (κ1) is 14.6. The van der Waals surface area contributed by atoms with Crippen molar-refractivity contribution in [3.05, 3.63) is 18.2 Å². The molecule has 0 heterocycles. The molecule has 0 bridgehead atoms. The second-order valence-electron chi connectivity index (χ2n) is 4.77. The zero-order chi connectivity index (χ0) is 14.8. The van der Waals surface area contributed by atoms with Gasteiger partial charge in [0, 0.05) is 18.3 Å². The van der Waals surface area contributed by atoms with Crippen LogP contribution in [0.1, 0.15) is 19.3 Å². The molecule has 0 amide bonds. The van der Waals surface area contributed by atoms with Gasteiger partial charge in [0.05, 0.1) is 18.2 Å². The van der Waals surface area contributed by atoms with Crippen LogP contribution in [0.2, 0.25) is 0 Å². The molecule has 0 spiro atoms. The summed E-state index contributed by atoms with van der Waals surface area (Å²) in [6.45, 7) is 0.525. The standard InChI is InChI=1S/C13H18N4O2S/c1-16-20(18,19)13-9-10(15)3-6-12(13)17(8-2-7-14)11-4-5-11/h3,6,9,11,16H,2,4-5,8,15H2,1H3. The summed E-state index contributed by atoms with van der Waals surface area (Å²) in [5.74, 6) is 0. The summed E-state index contributed by atoms with van der Waals surface area (Å²) < 4.78 is 26.6. The van der Waals surface area contributed by atoms with Gasteiger partial charge in [-0.25, -0.2) is 13.1 Å². The molecule has 20 heavy (non-hydrogen) atoms. The molecule has 1 fully saturated rings. The number of nitriles is 1. The van der Waals surface area contributed by atoms with Crippen molar-refractivity contribution in [3.8, 4) is 6.07 Å². The van der Waals surface area contributed by atoms with E-state index in [2.05, 4.69) is 10.8 Å². The Morgan fingerprint density at radius 3 is 2.75 bits per heavy atom. The van der Waals surface area contributed by atoms with Crippen molar-refractivity contribution in [2.45, 2.75) is 30.2 Å². The lowest BCUT2D eigenvalue weighted by Gasteiger charge is -2.26. The van der Waals surface area contributed by atoms with E-state index < -0.39 is 10.0 Å². The van der Waals surface area contributed by atoms with Crippen molar-refractivity contribution in [1.29, 1.82) is 5.26 Å². The third-order valence-corrected chi connectivity index (χ3v) is 4.75. The molecule has 2 rings (SSSR count). The summed E-state index contributed by atoms with van der Waals surface area (Å²) in [7, 11) is -2.21. The molecule has 7 heteroatoms. The molecule has 0 unspecified atom stereocenters.